The van der Waals surface area contributed by atoms with Gasteiger partial charge in [0.2, 0.25) is 0 Å². The van der Waals surface area contributed by atoms with Crippen LogP contribution in [-0.4, -0.2) is 34.9 Å². The van der Waals surface area contributed by atoms with E-state index in [1.165, 1.54) is 12.3 Å². The van der Waals surface area contributed by atoms with Crippen LogP contribution in [-0.2, 0) is 6.54 Å². The summed E-state index contributed by atoms with van der Waals surface area (Å²) in [5, 5.41) is 2.97. The number of anilines is 2. The number of rotatable bonds is 5. The van der Waals surface area contributed by atoms with Crippen molar-refractivity contribution in [2.75, 3.05) is 23.3 Å². The molecule has 1 aliphatic heterocycles. The number of hydrogen-bond donors (Lipinski definition) is 1. The van der Waals surface area contributed by atoms with E-state index in [0.717, 1.165) is 12.0 Å². The third-order valence-corrected chi connectivity index (χ3v) is 5.63. The van der Waals surface area contributed by atoms with Crippen LogP contribution < -0.4 is 10.2 Å². The first-order chi connectivity index (χ1) is 15.4. The first-order valence-corrected chi connectivity index (χ1v) is 10.6. The molecule has 1 fully saturated rings. The van der Waals surface area contributed by atoms with Crippen LogP contribution in [0.2, 0.25) is 5.15 Å². The van der Waals surface area contributed by atoms with Gasteiger partial charge in [-0.2, -0.15) is 0 Å². The zero-order chi connectivity index (χ0) is 22.7. The number of aromatic nitrogens is 1. The first-order valence-electron chi connectivity index (χ1n) is 10.3. The van der Waals surface area contributed by atoms with Crippen LogP contribution in [0.25, 0.3) is 0 Å². The smallest absolute Gasteiger partial charge is 0.320 e. The summed E-state index contributed by atoms with van der Waals surface area (Å²) < 4.78 is 14.1. The molecule has 164 valence electrons. The molecule has 0 bridgehead atoms. The molecule has 3 aromatic rings. The Morgan fingerprint density at radius 1 is 1.16 bits per heavy atom. The van der Waals surface area contributed by atoms with Crippen molar-refractivity contribution < 1.29 is 14.0 Å². The largest absolute Gasteiger partial charge is 0.324 e. The van der Waals surface area contributed by atoms with Gasteiger partial charge in [-0.05, 0) is 49.2 Å². The molecule has 0 aliphatic carbocycles. The maximum atomic E-state index is 14.1. The maximum absolute atomic E-state index is 14.1. The fraction of sp³-hybridized carbons (Fsp3) is 0.208. The number of carbonyl (C=O) groups excluding carboxylic acids is 2. The minimum Gasteiger partial charge on any atom is -0.320 e. The lowest BCUT2D eigenvalue weighted by Gasteiger charge is -2.36. The van der Waals surface area contributed by atoms with Crippen molar-refractivity contribution in [3.05, 3.63) is 88.5 Å². The summed E-state index contributed by atoms with van der Waals surface area (Å²) in [4.78, 5) is 33.3. The van der Waals surface area contributed by atoms with Gasteiger partial charge in [0.25, 0.3) is 5.91 Å². The number of amides is 3. The SMILES string of the molecule is Cc1ccc(N2CCCN(Cc3ccccc3F)C2=O)c(NC(=O)c2cccnc2Cl)c1. The third kappa shape index (κ3) is 4.57. The summed E-state index contributed by atoms with van der Waals surface area (Å²) in [5.74, 6) is -0.753. The molecule has 0 saturated carbocycles. The number of halogens is 2. The topological polar surface area (TPSA) is 65.5 Å². The van der Waals surface area contributed by atoms with Crippen molar-refractivity contribution >= 4 is 34.9 Å². The Labute approximate surface area is 190 Å². The van der Waals surface area contributed by atoms with Crippen molar-refractivity contribution in [2.24, 2.45) is 0 Å². The number of nitrogens with one attached hydrogen (secondary N) is 1. The second-order valence-electron chi connectivity index (χ2n) is 7.62. The highest BCUT2D eigenvalue weighted by Gasteiger charge is 2.29. The van der Waals surface area contributed by atoms with Crippen LogP contribution in [0.5, 0.6) is 0 Å². The van der Waals surface area contributed by atoms with E-state index in [0.29, 0.717) is 30.0 Å². The van der Waals surface area contributed by atoms with E-state index in [2.05, 4.69) is 10.3 Å². The molecule has 1 N–H and O–H groups in total. The summed E-state index contributed by atoms with van der Waals surface area (Å²) in [6.45, 7) is 3.11. The van der Waals surface area contributed by atoms with Crippen molar-refractivity contribution in [1.29, 1.82) is 0 Å². The van der Waals surface area contributed by atoms with Gasteiger partial charge in [0.05, 0.1) is 23.5 Å². The molecule has 6 nitrogen and oxygen atoms in total. The molecule has 3 amide bonds. The molecule has 2 aromatic carbocycles. The molecule has 0 spiro atoms. The van der Waals surface area contributed by atoms with Crippen LogP contribution in [0.4, 0.5) is 20.6 Å². The summed E-state index contributed by atoms with van der Waals surface area (Å²) in [5.41, 5.74) is 2.70. The third-order valence-electron chi connectivity index (χ3n) is 5.32. The molecule has 0 unspecified atom stereocenters. The minimum atomic E-state index is -0.414. The molecule has 32 heavy (non-hydrogen) atoms. The van der Waals surface area contributed by atoms with E-state index in [-0.39, 0.29) is 29.1 Å². The highest BCUT2D eigenvalue weighted by Crippen LogP contribution is 2.31. The predicted octanol–water partition coefficient (Wildman–Crippen LogP) is 5.27. The highest BCUT2D eigenvalue weighted by atomic mass is 35.5. The maximum Gasteiger partial charge on any atom is 0.324 e. The summed E-state index contributed by atoms with van der Waals surface area (Å²) >= 11 is 6.06. The van der Waals surface area contributed by atoms with Gasteiger partial charge in [-0.25, -0.2) is 14.2 Å². The lowest BCUT2D eigenvalue weighted by molar-refractivity contribution is 0.102. The van der Waals surface area contributed by atoms with Crippen LogP contribution in [0.15, 0.2) is 60.8 Å². The van der Waals surface area contributed by atoms with Gasteiger partial charge in [-0.3, -0.25) is 9.69 Å². The van der Waals surface area contributed by atoms with E-state index >= 15 is 0 Å². The Hall–Kier alpha value is -3.45. The van der Waals surface area contributed by atoms with Gasteiger partial charge in [-0.15, -0.1) is 0 Å². The lowest BCUT2D eigenvalue weighted by atomic mass is 10.1. The molecule has 1 saturated heterocycles. The average molecular weight is 453 g/mol. The summed E-state index contributed by atoms with van der Waals surface area (Å²) in [7, 11) is 0. The van der Waals surface area contributed by atoms with Gasteiger partial charge >= 0.3 is 6.03 Å². The van der Waals surface area contributed by atoms with Gasteiger partial charge in [0.15, 0.2) is 0 Å². The highest BCUT2D eigenvalue weighted by molar-refractivity contribution is 6.33. The molecule has 8 heteroatoms. The molecule has 1 aliphatic rings. The van der Waals surface area contributed by atoms with Crippen LogP contribution in [0.1, 0.15) is 27.9 Å². The normalized spacial score (nSPS) is 13.9. The Bertz CT molecular complexity index is 1170. The molecule has 4 rings (SSSR count). The number of urea groups is 1. The quantitative estimate of drug-likeness (QED) is 0.536. The second kappa shape index (κ2) is 9.36. The zero-order valence-electron chi connectivity index (χ0n) is 17.5. The first kappa shape index (κ1) is 21.8. The fourth-order valence-corrected chi connectivity index (χ4v) is 3.92. The van der Waals surface area contributed by atoms with Crippen molar-refractivity contribution in [2.45, 2.75) is 19.9 Å². The predicted molar refractivity (Wildman–Crippen MR) is 123 cm³/mol. The molecular formula is C24H22ClFN4O2. The molecule has 2 heterocycles. The summed E-state index contributed by atoms with van der Waals surface area (Å²) in [6, 6.07) is 14.9. The van der Waals surface area contributed by atoms with E-state index in [4.69, 9.17) is 11.6 Å². The van der Waals surface area contributed by atoms with E-state index in [1.807, 2.05) is 13.0 Å². The number of pyridine rings is 1. The monoisotopic (exact) mass is 452 g/mol. The number of benzene rings is 2. The van der Waals surface area contributed by atoms with Crippen molar-refractivity contribution in [1.82, 2.24) is 9.88 Å². The van der Waals surface area contributed by atoms with Crippen LogP contribution in [0.3, 0.4) is 0 Å². The van der Waals surface area contributed by atoms with Gasteiger partial charge in [0.1, 0.15) is 11.0 Å². The molecular weight excluding hydrogens is 431 g/mol. The number of hydrogen-bond acceptors (Lipinski definition) is 3. The lowest BCUT2D eigenvalue weighted by Crippen LogP contribution is -2.49. The number of aryl methyl sites for hydroxylation is 1. The fourth-order valence-electron chi connectivity index (χ4n) is 3.71. The number of carbonyl (C=O) groups is 2. The van der Waals surface area contributed by atoms with Crippen LogP contribution in [0, 0.1) is 12.7 Å². The molecule has 0 atom stereocenters. The Balaban J connectivity index is 1.60. The second-order valence-corrected chi connectivity index (χ2v) is 7.98. The summed E-state index contributed by atoms with van der Waals surface area (Å²) in [6.07, 6.45) is 2.23. The Kier molecular flexibility index (Phi) is 6.37. The molecule has 0 radical (unpaired) electrons. The van der Waals surface area contributed by atoms with E-state index in [9.17, 15) is 14.0 Å². The van der Waals surface area contributed by atoms with Crippen molar-refractivity contribution in [3.8, 4) is 0 Å². The number of nitrogens with zero attached hydrogens (tertiary/aromatic N) is 3. The standard InChI is InChI=1S/C24H22ClFN4O2/c1-16-9-10-21(20(14-16)28-23(31)18-7-4-11-27-22(18)25)30-13-5-12-29(24(30)32)15-17-6-2-3-8-19(17)26/h2-4,6-11,14H,5,12-13,15H2,1H3,(H,28,31). The van der Waals surface area contributed by atoms with Crippen LogP contribution >= 0.6 is 11.6 Å². The van der Waals surface area contributed by atoms with Gasteiger partial charge in [0, 0.05) is 24.8 Å². The van der Waals surface area contributed by atoms with Gasteiger partial charge < -0.3 is 10.2 Å². The van der Waals surface area contributed by atoms with E-state index < -0.39 is 5.91 Å². The van der Waals surface area contributed by atoms with Gasteiger partial charge in [-0.1, -0.05) is 35.9 Å². The van der Waals surface area contributed by atoms with E-state index in [1.54, 1.807) is 52.3 Å². The Morgan fingerprint density at radius 3 is 2.75 bits per heavy atom. The van der Waals surface area contributed by atoms with Crippen molar-refractivity contribution in [3.63, 3.8) is 0 Å². The average Bonchev–Trinajstić information content (AvgIpc) is 2.77. The Morgan fingerprint density at radius 2 is 1.97 bits per heavy atom. The zero-order valence-corrected chi connectivity index (χ0v) is 18.3. The molecule has 1 aromatic heterocycles. The minimum absolute atomic E-state index is 0.101.